The second kappa shape index (κ2) is 10.7. The van der Waals surface area contributed by atoms with E-state index in [4.69, 9.17) is 0 Å². The number of unbranched alkanes of at least 4 members (excludes halogenated alkanes) is 2. The quantitative estimate of drug-likeness (QED) is 0.548. The second-order valence-corrected chi connectivity index (χ2v) is 3.85. The SMILES string of the molecule is CCCCC(=O)CCCCNCCC. The molecule has 0 fully saturated rings. The van der Waals surface area contributed by atoms with E-state index in [1.807, 2.05) is 0 Å². The molecular weight excluding hydrogens is 174 g/mol. The molecule has 2 heteroatoms. The molecule has 0 atom stereocenters. The van der Waals surface area contributed by atoms with Crippen molar-refractivity contribution < 1.29 is 4.79 Å². The van der Waals surface area contributed by atoms with Crippen molar-refractivity contribution in [3.05, 3.63) is 0 Å². The summed E-state index contributed by atoms with van der Waals surface area (Å²) in [6, 6.07) is 0. The van der Waals surface area contributed by atoms with Gasteiger partial charge in [-0.2, -0.15) is 0 Å². The molecule has 0 heterocycles. The first-order chi connectivity index (χ1) is 6.81. The van der Waals surface area contributed by atoms with Gasteiger partial charge < -0.3 is 5.32 Å². The predicted molar refractivity (Wildman–Crippen MR) is 61.5 cm³/mol. The number of hydrogen-bond acceptors (Lipinski definition) is 2. The molecule has 0 aromatic heterocycles. The monoisotopic (exact) mass is 199 g/mol. The lowest BCUT2D eigenvalue weighted by Gasteiger charge is -2.02. The summed E-state index contributed by atoms with van der Waals surface area (Å²) in [4.78, 5) is 11.3. The third kappa shape index (κ3) is 9.72. The molecule has 84 valence electrons. The van der Waals surface area contributed by atoms with Crippen LogP contribution in [-0.4, -0.2) is 18.9 Å². The van der Waals surface area contributed by atoms with Crippen molar-refractivity contribution in [2.75, 3.05) is 13.1 Å². The van der Waals surface area contributed by atoms with Crippen LogP contribution in [0.25, 0.3) is 0 Å². The van der Waals surface area contributed by atoms with E-state index >= 15 is 0 Å². The minimum absolute atomic E-state index is 0.447. The van der Waals surface area contributed by atoms with Crippen molar-refractivity contribution in [3.8, 4) is 0 Å². The molecule has 0 radical (unpaired) electrons. The minimum Gasteiger partial charge on any atom is -0.317 e. The highest BCUT2D eigenvalue weighted by Gasteiger charge is 1.99. The van der Waals surface area contributed by atoms with Gasteiger partial charge in [-0.3, -0.25) is 4.79 Å². The van der Waals surface area contributed by atoms with Crippen LogP contribution in [0.1, 0.15) is 58.8 Å². The van der Waals surface area contributed by atoms with Crippen molar-refractivity contribution in [3.63, 3.8) is 0 Å². The number of ketones is 1. The lowest BCUT2D eigenvalue weighted by Crippen LogP contribution is -2.16. The van der Waals surface area contributed by atoms with E-state index in [-0.39, 0.29) is 0 Å². The molecule has 0 unspecified atom stereocenters. The maximum atomic E-state index is 11.3. The maximum absolute atomic E-state index is 11.3. The molecule has 0 saturated heterocycles. The lowest BCUT2D eigenvalue weighted by atomic mass is 10.1. The molecular formula is C12H25NO. The summed E-state index contributed by atoms with van der Waals surface area (Å²) in [6.07, 6.45) is 7.15. The van der Waals surface area contributed by atoms with Crippen LogP contribution in [0.4, 0.5) is 0 Å². The Bertz CT molecular complexity index is 134. The summed E-state index contributed by atoms with van der Waals surface area (Å²) in [6.45, 7) is 6.46. The van der Waals surface area contributed by atoms with Gasteiger partial charge in [-0.25, -0.2) is 0 Å². The normalized spacial score (nSPS) is 10.4. The van der Waals surface area contributed by atoms with Crippen molar-refractivity contribution in [2.45, 2.75) is 58.8 Å². The molecule has 0 spiro atoms. The highest BCUT2D eigenvalue weighted by Crippen LogP contribution is 2.02. The Labute approximate surface area is 88.5 Å². The molecule has 0 aliphatic heterocycles. The Hall–Kier alpha value is -0.370. The lowest BCUT2D eigenvalue weighted by molar-refractivity contribution is -0.119. The van der Waals surface area contributed by atoms with Crippen LogP contribution in [-0.2, 0) is 4.79 Å². The highest BCUT2D eigenvalue weighted by atomic mass is 16.1. The molecule has 0 aliphatic rings. The van der Waals surface area contributed by atoms with Crippen molar-refractivity contribution in [1.29, 1.82) is 0 Å². The Morgan fingerprint density at radius 3 is 2.29 bits per heavy atom. The molecule has 1 N–H and O–H groups in total. The largest absolute Gasteiger partial charge is 0.317 e. The predicted octanol–water partition coefficient (Wildman–Crippen LogP) is 2.92. The molecule has 0 saturated carbocycles. The Kier molecular flexibility index (Phi) is 10.4. The van der Waals surface area contributed by atoms with Crippen LogP contribution in [0, 0.1) is 0 Å². The molecule has 0 aromatic rings. The number of rotatable bonds is 10. The van der Waals surface area contributed by atoms with Gasteiger partial charge in [0, 0.05) is 12.8 Å². The van der Waals surface area contributed by atoms with Gasteiger partial charge in [0.2, 0.25) is 0 Å². The smallest absolute Gasteiger partial charge is 0.132 e. The standard InChI is InChI=1S/C12H25NO/c1-3-5-8-12(14)9-6-7-11-13-10-4-2/h13H,3-11H2,1-2H3. The van der Waals surface area contributed by atoms with E-state index < -0.39 is 0 Å². The van der Waals surface area contributed by atoms with E-state index in [9.17, 15) is 4.79 Å². The van der Waals surface area contributed by atoms with Gasteiger partial charge in [0.25, 0.3) is 0 Å². The Morgan fingerprint density at radius 1 is 0.929 bits per heavy atom. The van der Waals surface area contributed by atoms with Crippen LogP contribution in [0.5, 0.6) is 0 Å². The molecule has 0 aliphatic carbocycles. The van der Waals surface area contributed by atoms with Crippen LogP contribution >= 0.6 is 0 Å². The topological polar surface area (TPSA) is 29.1 Å². The number of hydrogen-bond donors (Lipinski definition) is 1. The third-order valence-electron chi connectivity index (χ3n) is 2.30. The second-order valence-electron chi connectivity index (χ2n) is 3.85. The summed E-state index contributed by atoms with van der Waals surface area (Å²) >= 11 is 0. The number of nitrogens with one attached hydrogen (secondary N) is 1. The van der Waals surface area contributed by atoms with Crippen molar-refractivity contribution in [2.24, 2.45) is 0 Å². The van der Waals surface area contributed by atoms with Crippen LogP contribution < -0.4 is 5.32 Å². The van der Waals surface area contributed by atoms with Gasteiger partial charge >= 0.3 is 0 Å². The number of Topliss-reactive ketones (excluding diaryl/α,β-unsaturated/α-hetero) is 1. The molecule has 0 amide bonds. The molecule has 0 rings (SSSR count). The molecule has 0 aromatic carbocycles. The van der Waals surface area contributed by atoms with Gasteiger partial charge in [-0.05, 0) is 38.8 Å². The number of carbonyl (C=O) groups is 1. The summed E-state index contributed by atoms with van der Waals surface area (Å²) in [5, 5.41) is 3.34. The van der Waals surface area contributed by atoms with Gasteiger partial charge in [0.1, 0.15) is 5.78 Å². The van der Waals surface area contributed by atoms with Crippen LogP contribution in [0.3, 0.4) is 0 Å². The minimum atomic E-state index is 0.447. The van der Waals surface area contributed by atoms with Gasteiger partial charge in [0.05, 0.1) is 0 Å². The van der Waals surface area contributed by atoms with E-state index in [1.54, 1.807) is 0 Å². The fourth-order valence-electron chi connectivity index (χ4n) is 1.37. The summed E-state index contributed by atoms with van der Waals surface area (Å²) < 4.78 is 0. The zero-order chi connectivity index (χ0) is 10.6. The Morgan fingerprint density at radius 2 is 1.64 bits per heavy atom. The Balaban J connectivity index is 3.07. The fraction of sp³-hybridized carbons (Fsp3) is 0.917. The summed E-state index contributed by atoms with van der Waals surface area (Å²) in [5.41, 5.74) is 0. The summed E-state index contributed by atoms with van der Waals surface area (Å²) in [7, 11) is 0. The first kappa shape index (κ1) is 13.6. The molecule has 0 bridgehead atoms. The maximum Gasteiger partial charge on any atom is 0.132 e. The first-order valence-electron chi connectivity index (χ1n) is 6.03. The zero-order valence-corrected chi connectivity index (χ0v) is 9.77. The van der Waals surface area contributed by atoms with Crippen molar-refractivity contribution in [1.82, 2.24) is 5.32 Å². The molecule has 2 nitrogen and oxygen atoms in total. The average Bonchev–Trinajstić information content (AvgIpc) is 2.20. The zero-order valence-electron chi connectivity index (χ0n) is 9.77. The number of carbonyl (C=O) groups excluding carboxylic acids is 1. The van der Waals surface area contributed by atoms with Gasteiger partial charge in [-0.15, -0.1) is 0 Å². The highest BCUT2D eigenvalue weighted by molar-refractivity contribution is 5.78. The van der Waals surface area contributed by atoms with Crippen LogP contribution in [0.15, 0.2) is 0 Å². The fourth-order valence-corrected chi connectivity index (χ4v) is 1.37. The van der Waals surface area contributed by atoms with E-state index in [0.29, 0.717) is 5.78 Å². The van der Waals surface area contributed by atoms with E-state index in [2.05, 4.69) is 19.2 Å². The van der Waals surface area contributed by atoms with Gasteiger partial charge in [0.15, 0.2) is 0 Å². The first-order valence-corrected chi connectivity index (χ1v) is 6.03. The molecule has 14 heavy (non-hydrogen) atoms. The summed E-state index contributed by atoms with van der Waals surface area (Å²) in [5.74, 6) is 0.447. The van der Waals surface area contributed by atoms with Crippen LogP contribution in [0.2, 0.25) is 0 Å². The average molecular weight is 199 g/mol. The van der Waals surface area contributed by atoms with E-state index in [0.717, 1.165) is 51.6 Å². The van der Waals surface area contributed by atoms with E-state index in [1.165, 1.54) is 6.42 Å². The van der Waals surface area contributed by atoms with Gasteiger partial charge in [-0.1, -0.05) is 20.3 Å². The third-order valence-corrected chi connectivity index (χ3v) is 2.30. The van der Waals surface area contributed by atoms with Crippen molar-refractivity contribution >= 4 is 5.78 Å².